The molecule has 12 atom stereocenters. The Kier molecular flexibility index (Phi) is 8.02. The van der Waals surface area contributed by atoms with Crippen molar-refractivity contribution in [2.75, 3.05) is 0 Å². The minimum atomic E-state index is -0.633. The van der Waals surface area contributed by atoms with Crippen LogP contribution >= 0.6 is 11.8 Å². The van der Waals surface area contributed by atoms with Crippen LogP contribution in [0, 0.1) is 57.7 Å². The molecule has 4 aliphatic rings. The summed E-state index contributed by atoms with van der Waals surface area (Å²) in [7, 11) is 0. The van der Waals surface area contributed by atoms with Crippen LogP contribution in [0.4, 0.5) is 0 Å². The van der Waals surface area contributed by atoms with E-state index in [2.05, 4.69) is 55.4 Å². The topological polar surface area (TPSA) is 77.8 Å². The van der Waals surface area contributed by atoms with Crippen molar-refractivity contribution in [2.24, 2.45) is 57.7 Å². The molecule has 0 spiro atoms. The second kappa shape index (κ2) is 10.0. The van der Waals surface area contributed by atoms with Crippen LogP contribution in [0.3, 0.4) is 0 Å². The van der Waals surface area contributed by atoms with Gasteiger partial charge in [0.05, 0.1) is 18.1 Å². The molecule has 4 rings (SSSR count). The summed E-state index contributed by atoms with van der Waals surface area (Å²) in [6.07, 6.45) is 6.87. The van der Waals surface area contributed by atoms with Crippen LogP contribution in [0.1, 0.15) is 107 Å². The van der Waals surface area contributed by atoms with E-state index < -0.39 is 12.1 Å². The maximum atomic E-state index is 12.8. The van der Waals surface area contributed by atoms with Crippen molar-refractivity contribution in [3.05, 3.63) is 0 Å². The lowest BCUT2D eigenvalue weighted by Gasteiger charge is -2.69. The number of hydrogen-bond donors (Lipinski definition) is 3. The smallest absolute Gasteiger partial charge is 0.306 e. The number of hydrogen-bond acceptors (Lipinski definition) is 4. The van der Waals surface area contributed by atoms with Crippen molar-refractivity contribution in [1.82, 2.24) is 0 Å². The number of carbonyl (C=O) groups is 1. The molecule has 0 heterocycles. The van der Waals surface area contributed by atoms with Crippen LogP contribution < -0.4 is 0 Å². The quantitative estimate of drug-likeness (QED) is 0.340. The number of carboxylic acid groups (broad SMARTS) is 1. The molecule has 36 heavy (non-hydrogen) atoms. The van der Waals surface area contributed by atoms with Crippen LogP contribution in [-0.4, -0.2) is 44.0 Å². The van der Waals surface area contributed by atoms with E-state index in [0.717, 1.165) is 51.4 Å². The van der Waals surface area contributed by atoms with E-state index in [1.807, 2.05) is 11.8 Å². The number of aliphatic hydroxyl groups is 2. The molecule has 0 aromatic rings. The Morgan fingerprint density at radius 3 is 2.19 bits per heavy atom. The SMILES string of the molecule is CC(C)CC[C@@H](C(=O)O)[C@@H]1C2CC(O)C3[C@@]4(C)CC[C@@H](O)[C@@H](C)C4CC[C@]3(C)[C@@]2(C)C[C@@H]1SC(C)C. The fourth-order valence-electron chi connectivity index (χ4n) is 10.5. The predicted molar refractivity (Wildman–Crippen MR) is 149 cm³/mol. The first-order valence-electron chi connectivity index (χ1n) is 14.9. The summed E-state index contributed by atoms with van der Waals surface area (Å²) < 4.78 is 0. The van der Waals surface area contributed by atoms with Crippen LogP contribution in [0.25, 0.3) is 0 Å². The molecule has 4 nitrogen and oxygen atoms in total. The fourth-order valence-corrected chi connectivity index (χ4v) is 12.2. The Morgan fingerprint density at radius 1 is 0.944 bits per heavy atom. The predicted octanol–water partition coefficient (Wildman–Crippen LogP) is 6.87. The zero-order valence-corrected chi connectivity index (χ0v) is 25.0. The Bertz CT molecular complexity index is 814. The zero-order chi connectivity index (χ0) is 26.8. The Morgan fingerprint density at radius 2 is 1.61 bits per heavy atom. The second-order valence-corrected chi connectivity index (χ2v) is 16.6. The average Bonchev–Trinajstić information content (AvgIpc) is 3.03. The van der Waals surface area contributed by atoms with Gasteiger partial charge in [0.1, 0.15) is 0 Å². The van der Waals surface area contributed by atoms with Gasteiger partial charge in [-0.1, -0.05) is 61.8 Å². The highest BCUT2D eigenvalue weighted by molar-refractivity contribution is 8.00. The third-order valence-corrected chi connectivity index (χ3v) is 13.6. The molecule has 208 valence electrons. The summed E-state index contributed by atoms with van der Waals surface area (Å²) >= 11 is 2.00. The third kappa shape index (κ3) is 4.39. The lowest BCUT2D eigenvalue weighted by molar-refractivity contribution is -0.240. The van der Waals surface area contributed by atoms with Crippen molar-refractivity contribution < 1.29 is 20.1 Å². The van der Waals surface area contributed by atoms with Crippen molar-refractivity contribution in [3.63, 3.8) is 0 Å². The van der Waals surface area contributed by atoms with Gasteiger partial charge in [-0.25, -0.2) is 0 Å². The van der Waals surface area contributed by atoms with Crippen LogP contribution in [-0.2, 0) is 4.79 Å². The molecule has 3 N–H and O–H groups in total. The molecule has 4 unspecified atom stereocenters. The summed E-state index contributed by atoms with van der Waals surface area (Å²) in [5, 5.41) is 34.0. The normalized spacial score (nSPS) is 49.4. The largest absolute Gasteiger partial charge is 0.481 e. The van der Waals surface area contributed by atoms with E-state index >= 15 is 0 Å². The molecule has 0 aromatic carbocycles. The van der Waals surface area contributed by atoms with Gasteiger partial charge in [-0.05, 0) is 102 Å². The zero-order valence-electron chi connectivity index (χ0n) is 24.2. The molecule has 4 aliphatic carbocycles. The van der Waals surface area contributed by atoms with Gasteiger partial charge in [0, 0.05) is 5.25 Å². The standard InChI is InChI=1S/C31H54O4S/c1-17(2)9-10-20(28(34)35)26-22-15-24(33)27-29(6)13-12-23(32)19(5)21(29)11-14-30(27,7)31(22,8)16-25(26)36-18(3)4/h17-27,32-33H,9-16H2,1-8H3,(H,34,35)/t19-,20+,21?,22?,23+,24?,25-,26+,27?,29-,30-,31-/m0/s1. The van der Waals surface area contributed by atoms with Gasteiger partial charge in [-0.3, -0.25) is 4.79 Å². The van der Waals surface area contributed by atoms with E-state index in [-0.39, 0.29) is 51.9 Å². The van der Waals surface area contributed by atoms with Crippen molar-refractivity contribution in [2.45, 2.75) is 129 Å². The molecule has 0 saturated heterocycles. The summed E-state index contributed by atoms with van der Waals surface area (Å²) in [5.41, 5.74) is 0.0306. The number of thioether (sulfide) groups is 1. The van der Waals surface area contributed by atoms with Gasteiger partial charge in [0.2, 0.25) is 0 Å². The van der Waals surface area contributed by atoms with E-state index in [4.69, 9.17) is 0 Å². The molecule has 0 amide bonds. The molecule has 4 saturated carbocycles. The van der Waals surface area contributed by atoms with Gasteiger partial charge in [0.25, 0.3) is 0 Å². The molecule has 5 heteroatoms. The highest BCUT2D eigenvalue weighted by Gasteiger charge is 2.71. The maximum absolute atomic E-state index is 12.8. The highest BCUT2D eigenvalue weighted by atomic mass is 32.2. The average molecular weight is 523 g/mol. The van der Waals surface area contributed by atoms with Gasteiger partial charge in [-0.2, -0.15) is 11.8 Å². The molecule has 4 fully saturated rings. The molecule has 0 bridgehead atoms. The van der Waals surface area contributed by atoms with Gasteiger partial charge in [0.15, 0.2) is 0 Å². The van der Waals surface area contributed by atoms with Crippen LogP contribution in [0.15, 0.2) is 0 Å². The minimum absolute atomic E-state index is 0.0196. The van der Waals surface area contributed by atoms with Crippen molar-refractivity contribution in [3.8, 4) is 0 Å². The first kappa shape index (κ1) is 28.7. The lowest BCUT2D eigenvalue weighted by Crippen LogP contribution is -2.66. The summed E-state index contributed by atoms with van der Waals surface area (Å²) in [6.45, 7) is 18.5. The van der Waals surface area contributed by atoms with E-state index in [9.17, 15) is 20.1 Å². The molecule has 0 radical (unpaired) electrons. The minimum Gasteiger partial charge on any atom is -0.481 e. The number of carboxylic acids is 1. The van der Waals surface area contributed by atoms with E-state index in [1.165, 1.54) is 0 Å². The molecule has 0 aliphatic heterocycles. The second-order valence-electron chi connectivity index (χ2n) is 14.8. The Labute approximate surface area is 224 Å². The van der Waals surface area contributed by atoms with E-state index in [0.29, 0.717) is 22.3 Å². The number of aliphatic hydroxyl groups excluding tert-OH is 2. The van der Waals surface area contributed by atoms with Gasteiger partial charge < -0.3 is 15.3 Å². The van der Waals surface area contributed by atoms with Crippen molar-refractivity contribution in [1.29, 1.82) is 0 Å². The van der Waals surface area contributed by atoms with Gasteiger partial charge in [-0.15, -0.1) is 0 Å². The number of aliphatic carboxylic acids is 1. The highest BCUT2D eigenvalue weighted by Crippen LogP contribution is 2.75. The lowest BCUT2D eigenvalue weighted by atomic mass is 9.36. The first-order chi connectivity index (χ1) is 16.7. The fraction of sp³-hybridized carbons (Fsp3) is 0.968. The van der Waals surface area contributed by atoms with Crippen molar-refractivity contribution >= 4 is 17.7 Å². The molecule has 0 aromatic heterocycles. The number of fused-ring (bicyclic) bond motifs is 5. The monoisotopic (exact) mass is 522 g/mol. The first-order valence-corrected chi connectivity index (χ1v) is 15.9. The third-order valence-electron chi connectivity index (χ3n) is 12.2. The molecular weight excluding hydrogens is 468 g/mol. The summed E-state index contributed by atoms with van der Waals surface area (Å²) in [6, 6.07) is 0. The maximum Gasteiger partial charge on any atom is 0.306 e. The Balaban J connectivity index is 1.76. The van der Waals surface area contributed by atoms with Gasteiger partial charge >= 0.3 is 5.97 Å². The van der Waals surface area contributed by atoms with Crippen LogP contribution in [0.2, 0.25) is 0 Å². The van der Waals surface area contributed by atoms with E-state index in [1.54, 1.807) is 0 Å². The summed E-state index contributed by atoms with van der Waals surface area (Å²) in [5.74, 6) is 0.819. The molecular formula is C31H54O4S. The number of rotatable bonds is 7. The van der Waals surface area contributed by atoms with Crippen LogP contribution in [0.5, 0.6) is 0 Å². The Hall–Kier alpha value is -0.260. The summed E-state index contributed by atoms with van der Waals surface area (Å²) in [4.78, 5) is 12.8.